The molecule has 17 heavy (non-hydrogen) atoms. The first-order chi connectivity index (χ1) is 7.88. The fourth-order valence-corrected chi connectivity index (χ4v) is 2.54. The lowest BCUT2D eigenvalue weighted by atomic mass is 9.80. The van der Waals surface area contributed by atoms with Gasteiger partial charge in [-0.3, -0.25) is 4.79 Å². The third-order valence-electron chi connectivity index (χ3n) is 3.48. The summed E-state index contributed by atoms with van der Waals surface area (Å²) in [5, 5.41) is 0. The molecule has 1 fully saturated rings. The van der Waals surface area contributed by atoms with Gasteiger partial charge in [0, 0.05) is 13.1 Å². The molecule has 1 aliphatic heterocycles. The van der Waals surface area contributed by atoms with Crippen molar-refractivity contribution >= 4 is 21.8 Å². The van der Waals surface area contributed by atoms with Gasteiger partial charge in [-0.1, -0.05) is 20.8 Å². The maximum atomic E-state index is 12.1. The number of halogens is 1. The highest BCUT2D eigenvalue weighted by molar-refractivity contribution is 9.10. The molecule has 94 valence electrons. The predicted molar refractivity (Wildman–Crippen MR) is 69.9 cm³/mol. The van der Waals surface area contributed by atoms with Gasteiger partial charge >= 0.3 is 0 Å². The number of likely N-dealkylation sites (tertiary alicyclic amines) is 1. The first kappa shape index (κ1) is 12.7. The monoisotopic (exact) mass is 299 g/mol. The van der Waals surface area contributed by atoms with Gasteiger partial charge in [-0.2, -0.15) is 0 Å². The molecule has 1 saturated heterocycles. The Morgan fingerprint density at radius 1 is 1.47 bits per heavy atom. The van der Waals surface area contributed by atoms with E-state index in [1.165, 1.54) is 0 Å². The number of rotatable bonds is 1. The summed E-state index contributed by atoms with van der Waals surface area (Å²) in [6.45, 7) is 8.36. The smallest absolute Gasteiger partial charge is 0.289 e. The maximum absolute atomic E-state index is 12.1. The minimum absolute atomic E-state index is 0.00227. The topological polar surface area (TPSA) is 33.5 Å². The van der Waals surface area contributed by atoms with Crippen LogP contribution in [0, 0.1) is 11.3 Å². The Balaban J connectivity index is 2.04. The summed E-state index contributed by atoms with van der Waals surface area (Å²) in [7, 11) is 0. The van der Waals surface area contributed by atoms with Crippen LogP contribution in [0.5, 0.6) is 0 Å². The van der Waals surface area contributed by atoms with Gasteiger partial charge in [0.25, 0.3) is 5.91 Å². The fourth-order valence-electron chi connectivity index (χ4n) is 2.24. The quantitative estimate of drug-likeness (QED) is 0.794. The van der Waals surface area contributed by atoms with Gasteiger partial charge in [-0.15, -0.1) is 0 Å². The molecule has 1 amide bonds. The van der Waals surface area contributed by atoms with Gasteiger partial charge in [0.15, 0.2) is 10.4 Å². The van der Waals surface area contributed by atoms with E-state index in [4.69, 9.17) is 4.42 Å². The number of carbonyl (C=O) groups is 1. The molecule has 1 aromatic heterocycles. The zero-order valence-electron chi connectivity index (χ0n) is 10.5. The highest BCUT2D eigenvalue weighted by Gasteiger charge is 2.34. The van der Waals surface area contributed by atoms with E-state index in [1.54, 1.807) is 12.1 Å². The lowest BCUT2D eigenvalue weighted by Gasteiger charge is -2.26. The predicted octanol–water partition coefficient (Wildman–Crippen LogP) is 3.55. The van der Waals surface area contributed by atoms with Crippen LogP contribution in [0.3, 0.4) is 0 Å². The molecule has 1 unspecified atom stereocenters. The molecule has 0 N–H and O–H groups in total. The van der Waals surface area contributed by atoms with Crippen molar-refractivity contribution < 1.29 is 9.21 Å². The Hall–Kier alpha value is -0.770. The molecule has 0 aliphatic carbocycles. The minimum Gasteiger partial charge on any atom is -0.444 e. The first-order valence-electron chi connectivity index (χ1n) is 5.92. The molecular weight excluding hydrogens is 282 g/mol. The lowest BCUT2D eigenvalue weighted by molar-refractivity contribution is 0.0743. The SMILES string of the molecule is CC(C)(C)C1CCN(C(=O)c2ccc(Br)o2)C1. The highest BCUT2D eigenvalue weighted by atomic mass is 79.9. The summed E-state index contributed by atoms with van der Waals surface area (Å²) in [5.41, 5.74) is 0.263. The van der Waals surface area contributed by atoms with Crippen molar-refractivity contribution in [2.75, 3.05) is 13.1 Å². The Bertz CT molecular complexity index is 419. The van der Waals surface area contributed by atoms with Crippen LogP contribution in [0.4, 0.5) is 0 Å². The average Bonchev–Trinajstić information content (AvgIpc) is 2.83. The van der Waals surface area contributed by atoms with Gasteiger partial charge in [0.1, 0.15) is 0 Å². The second-order valence-electron chi connectivity index (χ2n) is 5.71. The molecule has 4 heteroatoms. The van der Waals surface area contributed by atoms with E-state index in [9.17, 15) is 4.79 Å². The summed E-state index contributed by atoms with van der Waals surface area (Å²) in [6.07, 6.45) is 1.08. The van der Waals surface area contributed by atoms with E-state index >= 15 is 0 Å². The molecule has 0 bridgehead atoms. The zero-order valence-corrected chi connectivity index (χ0v) is 12.1. The largest absolute Gasteiger partial charge is 0.444 e. The standard InChI is InChI=1S/C13H18BrNO2/c1-13(2,3)9-6-7-15(8-9)12(16)10-4-5-11(14)17-10/h4-5,9H,6-8H2,1-3H3. The molecule has 2 heterocycles. The molecule has 2 rings (SSSR count). The number of carbonyl (C=O) groups excluding carboxylic acids is 1. The van der Waals surface area contributed by atoms with Crippen LogP contribution in [0.25, 0.3) is 0 Å². The number of amides is 1. The Kier molecular flexibility index (Phi) is 3.34. The van der Waals surface area contributed by atoms with E-state index < -0.39 is 0 Å². The number of hydrogen-bond acceptors (Lipinski definition) is 2. The molecule has 3 nitrogen and oxygen atoms in total. The molecule has 0 saturated carbocycles. The van der Waals surface area contributed by atoms with E-state index in [0.717, 1.165) is 19.5 Å². The molecule has 0 radical (unpaired) electrons. The summed E-state index contributed by atoms with van der Waals surface area (Å²) in [5.74, 6) is 0.999. The Morgan fingerprint density at radius 2 is 2.18 bits per heavy atom. The third kappa shape index (κ3) is 2.73. The average molecular weight is 300 g/mol. The summed E-state index contributed by atoms with van der Waals surface area (Å²) in [6, 6.07) is 3.47. The van der Waals surface area contributed by atoms with Crippen LogP contribution in [-0.4, -0.2) is 23.9 Å². The van der Waals surface area contributed by atoms with Gasteiger partial charge in [0.05, 0.1) is 0 Å². The maximum Gasteiger partial charge on any atom is 0.289 e. The van der Waals surface area contributed by atoms with Gasteiger partial charge in [0.2, 0.25) is 0 Å². The van der Waals surface area contributed by atoms with Crippen molar-refractivity contribution in [1.82, 2.24) is 4.90 Å². The van der Waals surface area contributed by atoms with Crippen molar-refractivity contribution in [3.8, 4) is 0 Å². The van der Waals surface area contributed by atoms with Crippen LogP contribution >= 0.6 is 15.9 Å². The van der Waals surface area contributed by atoms with E-state index in [0.29, 0.717) is 16.3 Å². The van der Waals surface area contributed by atoms with E-state index in [2.05, 4.69) is 36.7 Å². The summed E-state index contributed by atoms with van der Waals surface area (Å²) >= 11 is 3.22. The highest BCUT2D eigenvalue weighted by Crippen LogP contribution is 2.34. The Labute approximate surface area is 110 Å². The fraction of sp³-hybridized carbons (Fsp3) is 0.615. The van der Waals surface area contributed by atoms with Crippen LogP contribution in [0.1, 0.15) is 37.7 Å². The van der Waals surface area contributed by atoms with Crippen LogP contribution in [0.15, 0.2) is 21.2 Å². The second-order valence-corrected chi connectivity index (χ2v) is 6.49. The van der Waals surface area contributed by atoms with Gasteiger partial charge in [-0.25, -0.2) is 0 Å². The third-order valence-corrected chi connectivity index (χ3v) is 3.91. The number of furan rings is 1. The van der Waals surface area contributed by atoms with Crippen molar-refractivity contribution in [3.05, 3.63) is 22.6 Å². The summed E-state index contributed by atoms with van der Waals surface area (Å²) in [4.78, 5) is 14.0. The van der Waals surface area contributed by atoms with Gasteiger partial charge in [-0.05, 0) is 45.8 Å². The van der Waals surface area contributed by atoms with Crippen LogP contribution in [0.2, 0.25) is 0 Å². The lowest BCUT2D eigenvalue weighted by Crippen LogP contribution is -2.30. The van der Waals surface area contributed by atoms with Crippen molar-refractivity contribution in [3.63, 3.8) is 0 Å². The molecule has 1 aromatic rings. The molecule has 0 spiro atoms. The van der Waals surface area contributed by atoms with Crippen LogP contribution < -0.4 is 0 Å². The van der Waals surface area contributed by atoms with Crippen molar-refractivity contribution in [2.24, 2.45) is 11.3 Å². The number of hydrogen-bond donors (Lipinski definition) is 0. The molecule has 1 atom stereocenters. The number of nitrogens with zero attached hydrogens (tertiary/aromatic N) is 1. The Morgan fingerprint density at radius 3 is 2.65 bits per heavy atom. The normalized spacial score (nSPS) is 20.9. The molecular formula is C13H18BrNO2. The molecule has 1 aliphatic rings. The second kappa shape index (κ2) is 4.48. The van der Waals surface area contributed by atoms with E-state index in [1.807, 2.05) is 4.90 Å². The van der Waals surface area contributed by atoms with Crippen molar-refractivity contribution in [2.45, 2.75) is 27.2 Å². The molecule has 0 aromatic carbocycles. The van der Waals surface area contributed by atoms with Gasteiger partial charge < -0.3 is 9.32 Å². The summed E-state index contributed by atoms with van der Waals surface area (Å²) < 4.78 is 5.91. The first-order valence-corrected chi connectivity index (χ1v) is 6.72. The van der Waals surface area contributed by atoms with E-state index in [-0.39, 0.29) is 11.3 Å². The minimum atomic E-state index is 0.00227. The zero-order chi connectivity index (χ0) is 12.6. The van der Waals surface area contributed by atoms with Crippen molar-refractivity contribution in [1.29, 1.82) is 0 Å². The van der Waals surface area contributed by atoms with Crippen LogP contribution in [-0.2, 0) is 0 Å².